The summed E-state index contributed by atoms with van der Waals surface area (Å²) in [7, 11) is -3.12. The van der Waals surface area contributed by atoms with Crippen LogP contribution in [0.25, 0.3) is 0 Å². The van der Waals surface area contributed by atoms with Crippen molar-refractivity contribution in [1.82, 2.24) is 0 Å². The van der Waals surface area contributed by atoms with Gasteiger partial charge in [0, 0.05) is 18.5 Å². The summed E-state index contributed by atoms with van der Waals surface area (Å²) < 4.78 is 23.0. The standard InChI is InChI=1S/C15H23NO2S/c1-12-5-3-6-13(9-12)11-16-14-7-4-8-15(10-14)19(2,17)18/h4,7-8,10,12-13,16H,3,5-6,9,11H2,1-2H3. The lowest BCUT2D eigenvalue weighted by Crippen LogP contribution is -2.21. The molecule has 1 aromatic rings. The molecule has 3 nitrogen and oxygen atoms in total. The Morgan fingerprint density at radius 3 is 2.79 bits per heavy atom. The van der Waals surface area contributed by atoms with Crippen molar-refractivity contribution in [2.45, 2.75) is 37.5 Å². The van der Waals surface area contributed by atoms with Crippen LogP contribution < -0.4 is 5.32 Å². The average molecular weight is 281 g/mol. The average Bonchev–Trinajstić information content (AvgIpc) is 2.36. The zero-order valence-electron chi connectivity index (χ0n) is 11.7. The van der Waals surface area contributed by atoms with Crippen LogP contribution in [-0.4, -0.2) is 21.2 Å². The molecule has 1 aliphatic carbocycles. The van der Waals surface area contributed by atoms with E-state index in [-0.39, 0.29) is 0 Å². The monoisotopic (exact) mass is 281 g/mol. The van der Waals surface area contributed by atoms with Crippen LogP contribution in [0.5, 0.6) is 0 Å². The lowest BCUT2D eigenvalue weighted by atomic mass is 9.82. The molecule has 0 aliphatic heterocycles. The fourth-order valence-corrected chi connectivity index (χ4v) is 3.51. The van der Waals surface area contributed by atoms with Crippen LogP contribution in [0.15, 0.2) is 29.2 Å². The lowest BCUT2D eigenvalue weighted by molar-refractivity contribution is 0.293. The van der Waals surface area contributed by atoms with Gasteiger partial charge in [-0.1, -0.05) is 25.8 Å². The van der Waals surface area contributed by atoms with E-state index in [1.807, 2.05) is 6.07 Å². The van der Waals surface area contributed by atoms with Gasteiger partial charge in [0.1, 0.15) is 0 Å². The lowest BCUT2D eigenvalue weighted by Gasteiger charge is -2.27. The van der Waals surface area contributed by atoms with Crippen LogP contribution in [0.3, 0.4) is 0 Å². The molecule has 2 rings (SSSR count). The first kappa shape index (κ1) is 14.4. The molecular weight excluding hydrogens is 258 g/mol. The maximum atomic E-state index is 11.5. The Morgan fingerprint density at radius 1 is 1.32 bits per heavy atom. The number of hydrogen-bond acceptors (Lipinski definition) is 3. The van der Waals surface area contributed by atoms with Crippen molar-refractivity contribution in [3.05, 3.63) is 24.3 Å². The molecule has 1 aromatic carbocycles. The smallest absolute Gasteiger partial charge is 0.175 e. The highest BCUT2D eigenvalue weighted by atomic mass is 32.2. The van der Waals surface area contributed by atoms with Crippen LogP contribution in [0.2, 0.25) is 0 Å². The van der Waals surface area contributed by atoms with E-state index in [1.54, 1.807) is 18.2 Å². The summed E-state index contributed by atoms with van der Waals surface area (Å²) in [5, 5.41) is 3.38. The number of anilines is 1. The van der Waals surface area contributed by atoms with E-state index < -0.39 is 9.84 Å². The first-order chi connectivity index (χ1) is 8.95. The second kappa shape index (κ2) is 5.95. The van der Waals surface area contributed by atoms with E-state index in [0.29, 0.717) is 10.8 Å². The van der Waals surface area contributed by atoms with Crippen molar-refractivity contribution < 1.29 is 8.42 Å². The zero-order valence-corrected chi connectivity index (χ0v) is 12.5. The molecule has 0 heterocycles. The maximum absolute atomic E-state index is 11.5. The van der Waals surface area contributed by atoms with Crippen molar-refractivity contribution >= 4 is 15.5 Å². The number of hydrogen-bond donors (Lipinski definition) is 1. The van der Waals surface area contributed by atoms with Gasteiger partial charge in [0.25, 0.3) is 0 Å². The van der Waals surface area contributed by atoms with Gasteiger partial charge >= 0.3 is 0 Å². The molecule has 0 amide bonds. The Bertz CT molecular complexity index is 525. The minimum atomic E-state index is -3.12. The van der Waals surface area contributed by atoms with Crippen molar-refractivity contribution in [2.75, 3.05) is 18.1 Å². The Hall–Kier alpha value is -1.03. The molecule has 1 aliphatic rings. The van der Waals surface area contributed by atoms with Crippen LogP contribution in [0.4, 0.5) is 5.69 Å². The third-order valence-corrected chi connectivity index (χ3v) is 5.01. The molecule has 1 saturated carbocycles. The molecule has 4 heteroatoms. The van der Waals surface area contributed by atoms with Crippen molar-refractivity contribution in [1.29, 1.82) is 0 Å². The highest BCUT2D eigenvalue weighted by Gasteiger charge is 2.18. The number of benzene rings is 1. The van der Waals surface area contributed by atoms with Gasteiger partial charge in [0.2, 0.25) is 0 Å². The Labute approximate surface area is 116 Å². The molecule has 106 valence electrons. The van der Waals surface area contributed by atoms with Crippen LogP contribution in [0.1, 0.15) is 32.6 Å². The molecule has 0 saturated heterocycles. The van der Waals surface area contributed by atoms with E-state index in [9.17, 15) is 8.42 Å². The topological polar surface area (TPSA) is 46.2 Å². The van der Waals surface area contributed by atoms with Gasteiger partial charge in [-0.2, -0.15) is 0 Å². The van der Waals surface area contributed by atoms with Crippen LogP contribution in [0, 0.1) is 11.8 Å². The summed E-state index contributed by atoms with van der Waals surface area (Å²) in [6.45, 7) is 3.26. The summed E-state index contributed by atoms with van der Waals surface area (Å²) in [4.78, 5) is 0.384. The molecule has 19 heavy (non-hydrogen) atoms. The van der Waals surface area contributed by atoms with Crippen molar-refractivity contribution in [2.24, 2.45) is 11.8 Å². The maximum Gasteiger partial charge on any atom is 0.175 e. The third-order valence-electron chi connectivity index (χ3n) is 3.90. The summed E-state index contributed by atoms with van der Waals surface area (Å²) in [5.74, 6) is 1.54. The van der Waals surface area contributed by atoms with E-state index in [1.165, 1.54) is 31.9 Å². The Balaban J connectivity index is 1.96. The number of nitrogens with one attached hydrogen (secondary N) is 1. The molecule has 2 atom stereocenters. The molecule has 0 radical (unpaired) electrons. The molecule has 0 aromatic heterocycles. The summed E-state index contributed by atoms with van der Waals surface area (Å²) in [6, 6.07) is 7.09. The molecule has 2 unspecified atom stereocenters. The minimum Gasteiger partial charge on any atom is -0.385 e. The normalized spacial score (nSPS) is 24.1. The molecular formula is C15H23NO2S. The summed E-state index contributed by atoms with van der Waals surface area (Å²) in [5.41, 5.74) is 0.904. The molecule has 1 fully saturated rings. The van der Waals surface area contributed by atoms with Crippen LogP contribution in [-0.2, 0) is 9.84 Å². The number of sulfone groups is 1. The van der Waals surface area contributed by atoms with E-state index in [0.717, 1.165) is 18.2 Å². The summed E-state index contributed by atoms with van der Waals surface area (Å²) >= 11 is 0. The van der Waals surface area contributed by atoms with Gasteiger partial charge in [-0.25, -0.2) is 8.42 Å². The minimum absolute atomic E-state index is 0.384. The summed E-state index contributed by atoms with van der Waals surface area (Å²) in [6.07, 6.45) is 6.47. The highest BCUT2D eigenvalue weighted by molar-refractivity contribution is 7.90. The zero-order chi connectivity index (χ0) is 13.9. The predicted octanol–water partition coefficient (Wildman–Crippen LogP) is 3.33. The Morgan fingerprint density at radius 2 is 2.11 bits per heavy atom. The molecule has 1 N–H and O–H groups in total. The molecule has 0 spiro atoms. The van der Waals surface area contributed by atoms with Gasteiger partial charge < -0.3 is 5.32 Å². The largest absolute Gasteiger partial charge is 0.385 e. The van der Waals surface area contributed by atoms with E-state index in [4.69, 9.17) is 0 Å². The Kier molecular flexibility index (Phi) is 4.50. The first-order valence-corrected chi connectivity index (χ1v) is 8.88. The fourth-order valence-electron chi connectivity index (χ4n) is 2.84. The third kappa shape index (κ3) is 4.23. The van der Waals surface area contributed by atoms with Gasteiger partial charge in [0.15, 0.2) is 9.84 Å². The second-order valence-electron chi connectivity index (χ2n) is 5.82. The highest BCUT2D eigenvalue weighted by Crippen LogP contribution is 2.28. The van der Waals surface area contributed by atoms with Crippen molar-refractivity contribution in [3.8, 4) is 0 Å². The van der Waals surface area contributed by atoms with Gasteiger partial charge in [0.05, 0.1) is 4.90 Å². The first-order valence-electron chi connectivity index (χ1n) is 6.99. The molecule has 0 bridgehead atoms. The number of rotatable bonds is 4. The van der Waals surface area contributed by atoms with Gasteiger partial charge in [-0.3, -0.25) is 0 Å². The fraction of sp³-hybridized carbons (Fsp3) is 0.600. The van der Waals surface area contributed by atoms with Gasteiger partial charge in [-0.15, -0.1) is 0 Å². The second-order valence-corrected chi connectivity index (χ2v) is 7.83. The predicted molar refractivity (Wildman–Crippen MR) is 79.2 cm³/mol. The van der Waals surface area contributed by atoms with Crippen molar-refractivity contribution in [3.63, 3.8) is 0 Å². The van der Waals surface area contributed by atoms with E-state index >= 15 is 0 Å². The van der Waals surface area contributed by atoms with Gasteiger partial charge in [-0.05, 0) is 42.9 Å². The SMILES string of the molecule is CC1CCCC(CNc2cccc(S(C)(=O)=O)c2)C1. The van der Waals surface area contributed by atoms with Crippen LogP contribution >= 0.6 is 0 Å². The van der Waals surface area contributed by atoms with E-state index in [2.05, 4.69) is 12.2 Å². The quantitative estimate of drug-likeness (QED) is 0.921.